The van der Waals surface area contributed by atoms with Gasteiger partial charge in [0.05, 0.1) is 4.90 Å². The Morgan fingerprint density at radius 3 is 2.54 bits per heavy atom. The Labute approximate surface area is 153 Å². The second-order valence-corrected chi connectivity index (χ2v) is 8.61. The van der Waals surface area contributed by atoms with Gasteiger partial charge in [0.15, 0.2) is 0 Å². The van der Waals surface area contributed by atoms with Crippen molar-refractivity contribution in [2.75, 3.05) is 24.5 Å². The summed E-state index contributed by atoms with van der Waals surface area (Å²) in [7, 11) is -3.44. The first-order valence-electron chi connectivity index (χ1n) is 8.93. The minimum atomic E-state index is -3.44. The van der Waals surface area contributed by atoms with E-state index in [2.05, 4.69) is 4.98 Å². The van der Waals surface area contributed by atoms with Crippen molar-refractivity contribution < 1.29 is 13.2 Å². The molecule has 0 N–H and O–H groups in total. The van der Waals surface area contributed by atoms with E-state index in [0.717, 1.165) is 36.9 Å². The Kier molecular flexibility index (Phi) is 4.50. The molecule has 0 aliphatic carbocycles. The number of aryl methyl sites for hydroxylation is 1. The van der Waals surface area contributed by atoms with Gasteiger partial charge in [0.25, 0.3) is 5.91 Å². The molecule has 0 spiro atoms. The number of carbonyl (C=O) groups excluding carboxylic acids is 1. The molecule has 1 aromatic heterocycles. The van der Waals surface area contributed by atoms with Gasteiger partial charge in [-0.25, -0.2) is 8.42 Å². The van der Waals surface area contributed by atoms with Crippen molar-refractivity contribution in [2.45, 2.75) is 30.6 Å². The third kappa shape index (κ3) is 3.01. The van der Waals surface area contributed by atoms with Crippen LogP contribution in [0.2, 0.25) is 0 Å². The molecular formula is C19H21N3O3S. The van der Waals surface area contributed by atoms with Crippen molar-refractivity contribution >= 4 is 21.6 Å². The van der Waals surface area contributed by atoms with Gasteiger partial charge >= 0.3 is 0 Å². The van der Waals surface area contributed by atoms with E-state index >= 15 is 0 Å². The molecule has 1 aromatic carbocycles. The van der Waals surface area contributed by atoms with Crippen LogP contribution in [0.3, 0.4) is 0 Å². The first kappa shape index (κ1) is 17.2. The summed E-state index contributed by atoms with van der Waals surface area (Å²) in [6.45, 7) is 1.79. The summed E-state index contributed by atoms with van der Waals surface area (Å²) in [5, 5.41) is 0. The molecule has 136 valence electrons. The van der Waals surface area contributed by atoms with E-state index in [1.807, 2.05) is 0 Å². The van der Waals surface area contributed by atoms with E-state index in [4.69, 9.17) is 0 Å². The van der Waals surface area contributed by atoms with Crippen LogP contribution in [-0.4, -0.2) is 43.2 Å². The van der Waals surface area contributed by atoms with E-state index in [1.165, 1.54) is 0 Å². The molecule has 4 rings (SSSR count). The van der Waals surface area contributed by atoms with Crippen LogP contribution in [0, 0.1) is 0 Å². The van der Waals surface area contributed by atoms with Crippen LogP contribution in [-0.2, 0) is 16.4 Å². The summed E-state index contributed by atoms with van der Waals surface area (Å²) in [5.41, 5.74) is 2.09. The molecule has 1 saturated heterocycles. The lowest BCUT2D eigenvalue weighted by Gasteiger charge is -2.30. The standard InChI is InChI=1S/C19H21N3O3S/c23-19(17-7-1-2-10-20-17)22-13-5-6-15-14-16(8-9-18(15)22)26(24,25)21-11-3-4-12-21/h1-2,7-10,14H,3-6,11-13H2. The molecule has 1 fully saturated rings. The lowest BCUT2D eigenvalue weighted by Crippen LogP contribution is -2.36. The van der Waals surface area contributed by atoms with Crippen LogP contribution in [0.4, 0.5) is 5.69 Å². The molecule has 6 nitrogen and oxygen atoms in total. The maximum Gasteiger partial charge on any atom is 0.276 e. The molecule has 0 bridgehead atoms. The first-order chi connectivity index (χ1) is 12.6. The van der Waals surface area contributed by atoms with Gasteiger partial charge in [-0.1, -0.05) is 6.07 Å². The zero-order valence-corrected chi connectivity index (χ0v) is 15.3. The van der Waals surface area contributed by atoms with Gasteiger partial charge in [-0.3, -0.25) is 9.78 Å². The zero-order valence-electron chi connectivity index (χ0n) is 14.5. The summed E-state index contributed by atoms with van der Waals surface area (Å²) >= 11 is 0. The Hall–Kier alpha value is -2.25. The van der Waals surface area contributed by atoms with Crippen LogP contribution in [0.5, 0.6) is 0 Å². The lowest BCUT2D eigenvalue weighted by molar-refractivity contribution is 0.0980. The molecule has 2 aliphatic heterocycles. The number of rotatable bonds is 3. The smallest absolute Gasteiger partial charge is 0.276 e. The number of anilines is 1. The number of benzene rings is 1. The fourth-order valence-corrected chi connectivity index (χ4v) is 5.22. The molecule has 0 unspecified atom stereocenters. The molecule has 2 aliphatic rings. The number of carbonyl (C=O) groups is 1. The number of hydrogen-bond donors (Lipinski definition) is 0. The largest absolute Gasteiger partial charge is 0.307 e. The summed E-state index contributed by atoms with van der Waals surface area (Å²) in [4.78, 5) is 19.0. The second kappa shape index (κ2) is 6.81. The van der Waals surface area contributed by atoms with Crippen molar-refractivity contribution in [1.82, 2.24) is 9.29 Å². The van der Waals surface area contributed by atoms with E-state index in [1.54, 1.807) is 51.8 Å². The van der Waals surface area contributed by atoms with Gasteiger partial charge < -0.3 is 4.90 Å². The van der Waals surface area contributed by atoms with Gasteiger partial charge in [-0.15, -0.1) is 0 Å². The van der Waals surface area contributed by atoms with Gasteiger partial charge in [0.1, 0.15) is 5.69 Å². The number of aromatic nitrogens is 1. The highest BCUT2D eigenvalue weighted by molar-refractivity contribution is 7.89. The highest BCUT2D eigenvalue weighted by Crippen LogP contribution is 2.32. The van der Waals surface area contributed by atoms with E-state index in [0.29, 0.717) is 30.2 Å². The van der Waals surface area contributed by atoms with Crippen molar-refractivity contribution in [2.24, 2.45) is 0 Å². The van der Waals surface area contributed by atoms with Crippen LogP contribution >= 0.6 is 0 Å². The monoisotopic (exact) mass is 371 g/mol. The minimum Gasteiger partial charge on any atom is -0.307 e. The molecule has 3 heterocycles. The van der Waals surface area contributed by atoms with Crippen LogP contribution in [0.25, 0.3) is 0 Å². The Balaban J connectivity index is 1.67. The van der Waals surface area contributed by atoms with Gasteiger partial charge in [-0.2, -0.15) is 4.31 Å². The van der Waals surface area contributed by atoms with E-state index in [9.17, 15) is 13.2 Å². The summed E-state index contributed by atoms with van der Waals surface area (Å²) in [5.74, 6) is -0.151. The SMILES string of the molecule is O=C(c1ccccn1)N1CCCc2cc(S(=O)(=O)N3CCCC3)ccc21. The summed E-state index contributed by atoms with van der Waals surface area (Å²) in [6, 6.07) is 10.4. The molecule has 0 saturated carbocycles. The van der Waals surface area contributed by atoms with E-state index in [-0.39, 0.29) is 5.91 Å². The van der Waals surface area contributed by atoms with Crippen molar-refractivity contribution in [3.05, 3.63) is 53.9 Å². The molecule has 2 aromatic rings. The van der Waals surface area contributed by atoms with Crippen LogP contribution in [0.1, 0.15) is 35.3 Å². The predicted molar refractivity (Wildman–Crippen MR) is 98.7 cm³/mol. The first-order valence-corrected chi connectivity index (χ1v) is 10.4. The molecule has 0 atom stereocenters. The van der Waals surface area contributed by atoms with Crippen LogP contribution < -0.4 is 4.90 Å². The molecule has 1 amide bonds. The van der Waals surface area contributed by atoms with Gasteiger partial charge in [0, 0.05) is 31.5 Å². The fourth-order valence-electron chi connectivity index (χ4n) is 3.65. The lowest BCUT2D eigenvalue weighted by atomic mass is 10.0. The highest BCUT2D eigenvalue weighted by atomic mass is 32.2. The minimum absolute atomic E-state index is 0.151. The second-order valence-electron chi connectivity index (χ2n) is 6.68. The van der Waals surface area contributed by atoms with Crippen molar-refractivity contribution in [3.8, 4) is 0 Å². The predicted octanol–water partition coefficient (Wildman–Crippen LogP) is 2.46. The number of sulfonamides is 1. The third-order valence-electron chi connectivity index (χ3n) is 5.00. The number of fused-ring (bicyclic) bond motifs is 1. The van der Waals surface area contributed by atoms with Gasteiger partial charge in [0.2, 0.25) is 10.0 Å². The number of nitrogens with zero attached hydrogens (tertiary/aromatic N) is 3. The number of pyridine rings is 1. The maximum atomic E-state index is 12.8. The third-order valence-corrected chi connectivity index (χ3v) is 6.90. The topological polar surface area (TPSA) is 70.6 Å². The Morgan fingerprint density at radius 1 is 1.00 bits per heavy atom. The Morgan fingerprint density at radius 2 is 1.81 bits per heavy atom. The average molecular weight is 371 g/mol. The van der Waals surface area contributed by atoms with Crippen molar-refractivity contribution in [3.63, 3.8) is 0 Å². The van der Waals surface area contributed by atoms with Crippen molar-refractivity contribution in [1.29, 1.82) is 0 Å². The molecule has 7 heteroatoms. The zero-order chi connectivity index (χ0) is 18.1. The van der Waals surface area contributed by atoms with Gasteiger partial charge in [-0.05, 0) is 61.6 Å². The highest BCUT2D eigenvalue weighted by Gasteiger charge is 2.30. The number of hydrogen-bond acceptors (Lipinski definition) is 4. The average Bonchev–Trinajstić information content (AvgIpc) is 3.23. The fraction of sp³-hybridized carbons (Fsp3) is 0.368. The summed E-state index contributed by atoms with van der Waals surface area (Å²) in [6.07, 6.45) is 5.00. The quantitative estimate of drug-likeness (QED) is 0.831. The number of amides is 1. The Bertz CT molecular complexity index is 922. The van der Waals surface area contributed by atoms with E-state index < -0.39 is 10.0 Å². The normalized spacial score (nSPS) is 17.9. The molecule has 0 radical (unpaired) electrons. The molecular weight excluding hydrogens is 350 g/mol. The molecule has 26 heavy (non-hydrogen) atoms. The van der Waals surface area contributed by atoms with Crippen LogP contribution in [0.15, 0.2) is 47.5 Å². The summed E-state index contributed by atoms with van der Waals surface area (Å²) < 4.78 is 27.1. The maximum absolute atomic E-state index is 12.8.